The Hall–Kier alpha value is 0.200. The van der Waals surface area contributed by atoms with Crippen LogP contribution in [0.3, 0.4) is 0 Å². The molecule has 1 aromatic carbocycles. The standard InChI is InChI=1S/C12H17ClIN/c1-2-3-11(13)9-15-8-10-4-6-12(14)7-5-10/h4-7,11,15H,2-3,8-9H2,1H3. The zero-order valence-electron chi connectivity index (χ0n) is 8.97. The minimum absolute atomic E-state index is 0.263. The fraction of sp³-hybridized carbons (Fsp3) is 0.500. The summed E-state index contributed by atoms with van der Waals surface area (Å²) in [6.07, 6.45) is 2.24. The number of alkyl halides is 1. The van der Waals surface area contributed by atoms with Crippen LogP contribution in [0.2, 0.25) is 0 Å². The lowest BCUT2D eigenvalue weighted by Crippen LogP contribution is -2.22. The normalized spacial score (nSPS) is 12.7. The topological polar surface area (TPSA) is 12.0 Å². The SMILES string of the molecule is CCCC(Cl)CNCc1ccc(I)cc1. The molecule has 1 nitrogen and oxygen atoms in total. The van der Waals surface area contributed by atoms with Crippen molar-refractivity contribution in [2.24, 2.45) is 0 Å². The molecule has 0 heterocycles. The fourth-order valence-corrected chi connectivity index (χ4v) is 2.08. The first-order chi connectivity index (χ1) is 7.22. The molecule has 1 aromatic rings. The Morgan fingerprint density at radius 1 is 1.33 bits per heavy atom. The van der Waals surface area contributed by atoms with Crippen molar-refractivity contribution in [1.82, 2.24) is 5.32 Å². The molecule has 1 atom stereocenters. The van der Waals surface area contributed by atoms with Crippen LogP contribution in [0.4, 0.5) is 0 Å². The largest absolute Gasteiger partial charge is 0.311 e. The molecule has 0 aromatic heterocycles. The van der Waals surface area contributed by atoms with E-state index in [2.05, 4.69) is 59.1 Å². The third-order valence-electron chi connectivity index (χ3n) is 2.21. The number of halogens is 2. The maximum atomic E-state index is 6.11. The molecule has 3 heteroatoms. The first-order valence-corrected chi connectivity index (χ1v) is 6.83. The zero-order valence-corrected chi connectivity index (χ0v) is 11.9. The number of nitrogens with one attached hydrogen (secondary N) is 1. The molecule has 1 rings (SSSR count). The van der Waals surface area contributed by atoms with E-state index in [0.717, 1.165) is 25.9 Å². The second kappa shape index (κ2) is 7.47. The minimum atomic E-state index is 0.263. The minimum Gasteiger partial charge on any atom is -0.311 e. The lowest BCUT2D eigenvalue weighted by atomic mass is 10.2. The van der Waals surface area contributed by atoms with Gasteiger partial charge in [-0.25, -0.2) is 0 Å². The van der Waals surface area contributed by atoms with Crippen LogP contribution in [0.15, 0.2) is 24.3 Å². The maximum Gasteiger partial charge on any atom is 0.0460 e. The van der Waals surface area contributed by atoms with Gasteiger partial charge in [0.15, 0.2) is 0 Å². The van der Waals surface area contributed by atoms with E-state index in [0.29, 0.717) is 0 Å². The number of hydrogen-bond acceptors (Lipinski definition) is 1. The Kier molecular flexibility index (Phi) is 6.61. The van der Waals surface area contributed by atoms with Crippen molar-refractivity contribution < 1.29 is 0 Å². The Labute approximate surface area is 111 Å². The molecular weight excluding hydrogens is 320 g/mol. The molecule has 84 valence electrons. The lowest BCUT2D eigenvalue weighted by Gasteiger charge is -2.09. The van der Waals surface area contributed by atoms with E-state index in [9.17, 15) is 0 Å². The summed E-state index contributed by atoms with van der Waals surface area (Å²) >= 11 is 8.42. The average molecular weight is 338 g/mol. The van der Waals surface area contributed by atoms with Crippen molar-refractivity contribution >= 4 is 34.2 Å². The first kappa shape index (κ1) is 13.3. The molecule has 0 saturated heterocycles. The molecule has 0 aliphatic carbocycles. The highest BCUT2D eigenvalue weighted by molar-refractivity contribution is 14.1. The maximum absolute atomic E-state index is 6.11. The van der Waals surface area contributed by atoms with E-state index in [1.165, 1.54) is 9.13 Å². The van der Waals surface area contributed by atoms with E-state index < -0.39 is 0 Å². The summed E-state index contributed by atoms with van der Waals surface area (Å²) in [7, 11) is 0. The number of hydrogen-bond donors (Lipinski definition) is 1. The van der Waals surface area contributed by atoms with Gasteiger partial charge in [0, 0.05) is 22.0 Å². The highest BCUT2D eigenvalue weighted by Gasteiger charge is 2.01. The molecule has 15 heavy (non-hydrogen) atoms. The van der Waals surface area contributed by atoms with Gasteiger partial charge in [0.1, 0.15) is 0 Å². The number of benzene rings is 1. The Balaban J connectivity index is 2.22. The average Bonchev–Trinajstić information content (AvgIpc) is 2.21. The summed E-state index contributed by atoms with van der Waals surface area (Å²) in [5, 5.41) is 3.63. The Bertz CT molecular complexity index is 273. The van der Waals surface area contributed by atoms with Crippen molar-refractivity contribution in [1.29, 1.82) is 0 Å². The lowest BCUT2D eigenvalue weighted by molar-refractivity contribution is 0.623. The summed E-state index contributed by atoms with van der Waals surface area (Å²) in [5.74, 6) is 0. The summed E-state index contributed by atoms with van der Waals surface area (Å²) in [5.41, 5.74) is 1.32. The van der Waals surface area contributed by atoms with Crippen LogP contribution in [0.1, 0.15) is 25.3 Å². The molecular formula is C12H17ClIN. The van der Waals surface area contributed by atoms with Crippen molar-refractivity contribution in [3.05, 3.63) is 33.4 Å². The molecule has 0 spiro atoms. The summed E-state index contributed by atoms with van der Waals surface area (Å²) in [6.45, 7) is 3.96. The van der Waals surface area contributed by atoms with Crippen LogP contribution < -0.4 is 5.32 Å². The van der Waals surface area contributed by atoms with Gasteiger partial charge in [-0.3, -0.25) is 0 Å². The highest BCUT2D eigenvalue weighted by Crippen LogP contribution is 2.07. The summed E-state index contributed by atoms with van der Waals surface area (Å²) in [4.78, 5) is 0. The van der Waals surface area contributed by atoms with Crippen LogP contribution in [0, 0.1) is 3.57 Å². The van der Waals surface area contributed by atoms with Crippen LogP contribution in [-0.4, -0.2) is 11.9 Å². The van der Waals surface area contributed by atoms with Gasteiger partial charge in [-0.05, 0) is 46.7 Å². The molecule has 0 bridgehead atoms. The summed E-state index contributed by atoms with van der Waals surface area (Å²) in [6, 6.07) is 8.55. The van der Waals surface area contributed by atoms with Crippen LogP contribution >= 0.6 is 34.2 Å². The van der Waals surface area contributed by atoms with Gasteiger partial charge in [-0.2, -0.15) is 0 Å². The second-order valence-electron chi connectivity index (χ2n) is 3.64. The predicted molar refractivity (Wildman–Crippen MR) is 75.4 cm³/mol. The van der Waals surface area contributed by atoms with Crippen LogP contribution in [-0.2, 0) is 6.54 Å². The molecule has 0 aliphatic heterocycles. The molecule has 0 fully saturated rings. The van der Waals surface area contributed by atoms with Crippen LogP contribution in [0.5, 0.6) is 0 Å². The van der Waals surface area contributed by atoms with Gasteiger partial charge in [-0.15, -0.1) is 11.6 Å². The Morgan fingerprint density at radius 3 is 2.60 bits per heavy atom. The van der Waals surface area contributed by atoms with E-state index in [4.69, 9.17) is 11.6 Å². The highest BCUT2D eigenvalue weighted by atomic mass is 127. The van der Waals surface area contributed by atoms with Crippen molar-refractivity contribution in [2.45, 2.75) is 31.7 Å². The van der Waals surface area contributed by atoms with Gasteiger partial charge in [-0.1, -0.05) is 25.5 Å². The third-order valence-corrected chi connectivity index (χ3v) is 3.30. The van der Waals surface area contributed by atoms with Crippen molar-refractivity contribution in [3.63, 3.8) is 0 Å². The quantitative estimate of drug-likeness (QED) is 0.615. The van der Waals surface area contributed by atoms with Gasteiger partial charge < -0.3 is 5.32 Å². The molecule has 0 aliphatic rings. The smallest absolute Gasteiger partial charge is 0.0460 e. The van der Waals surface area contributed by atoms with Crippen LogP contribution in [0.25, 0.3) is 0 Å². The molecule has 1 unspecified atom stereocenters. The monoisotopic (exact) mass is 337 g/mol. The van der Waals surface area contributed by atoms with Gasteiger partial charge in [0.2, 0.25) is 0 Å². The molecule has 0 radical (unpaired) electrons. The van der Waals surface area contributed by atoms with Crippen molar-refractivity contribution in [3.8, 4) is 0 Å². The number of rotatable bonds is 6. The van der Waals surface area contributed by atoms with Gasteiger partial charge in [0.05, 0.1) is 0 Å². The molecule has 0 saturated carbocycles. The summed E-state index contributed by atoms with van der Waals surface area (Å²) < 4.78 is 1.28. The Morgan fingerprint density at radius 2 is 2.00 bits per heavy atom. The van der Waals surface area contributed by atoms with E-state index in [-0.39, 0.29) is 5.38 Å². The van der Waals surface area contributed by atoms with Crippen molar-refractivity contribution in [2.75, 3.05) is 6.54 Å². The molecule has 1 N–H and O–H groups in total. The van der Waals surface area contributed by atoms with Gasteiger partial charge >= 0.3 is 0 Å². The third kappa shape index (κ3) is 5.73. The predicted octanol–water partition coefficient (Wildman–Crippen LogP) is 3.79. The van der Waals surface area contributed by atoms with Gasteiger partial charge in [0.25, 0.3) is 0 Å². The molecule has 0 amide bonds. The first-order valence-electron chi connectivity index (χ1n) is 5.31. The second-order valence-corrected chi connectivity index (χ2v) is 5.51. The van der Waals surface area contributed by atoms with E-state index in [1.54, 1.807) is 0 Å². The van der Waals surface area contributed by atoms with E-state index >= 15 is 0 Å². The fourth-order valence-electron chi connectivity index (χ4n) is 1.39. The van der Waals surface area contributed by atoms with E-state index in [1.807, 2.05) is 0 Å². The zero-order chi connectivity index (χ0) is 11.1.